The third-order valence-corrected chi connectivity index (χ3v) is 4.59. The van der Waals surface area contributed by atoms with Crippen molar-refractivity contribution in [3.63, 3.8) is 0 Å². The average Bonchev–Trinajstić information content (AvgIpc) is 2.63. The lowest BCUT2D eigenvalue weighted by molar-refractivity contribution is -0.137. The first kappa shape index (κ1) is 19.2. The number of methoxy groups -OCH3 is 1. The van der Waals surface area contributed by atoms with Gasteiger partial charge in [0.25, 0.3) is 0 Å². The van der Waals surface area contributed by atoms with E-state index >= 15 is 0 Å². The topological polar surface area (TPSA) is 85.1 Å². The van der Waals surface area contributed by atoms with Crippen molar-refractivity contribution in [2.75, 3.05) is 17.7 Å². The lowest BCUT2D eigenvalue weighted by atomic mass is 9.91. The molecule has 4 N–H and O–H groups in total. The monoisotopic (exact) mass is 381 g/mol. The van der Waals surface area contributed by atoms with Crippen LogP contribution < -0.4 is 21.1 Å². The number of para-hydroxylation sites is 2. The van der Waals surface area contributed by atoms with Gasteiger partial charge < -0.3 is 21.1 Å². The second-order valence-electron chi connectivity index (χ2n) is 6.48. The van der Waals surface area contributed by atoms with Crippen LogP contribution in [0.15, 0.2) is 30.5 Å². The third-order valence-electron chi connectivity index (χ3n) is 4.59. The van der Waals surface area contributed by atoms with Gasteiger partial charge in [0.05, 0.1) is 12.8 Å². The predicted octanol–water partition coefficient (Wildman–Crippen LogP) is 3.93. The summed E-state index contributed by atoms with van der Waals surface area (Å²) in [6.07, 6.45) is -0.403. The molecule has 3 rings (SSSR count). The van der Waals surface area contributed by atoms with Gasteiger partial charge in [-0.2, -0.15) is 18.2 Å². The Kier molecular flexibility index (Phi) is 5.69. The summed E-state index contributed by atoms with van der Waals surface area (Å²) >= 11 is 0. The maximum Gasteiger partial charge on any atom is 0.421 e. The Morgan fingerprint density at radius 2 is 1.93 bits per heavy atom. The van der Waals surface area contributed by atoms with Crippen molar-refractivity contribution >= 4 is 17.5 Å². The van der Waals surface area contributed by atoms with Gasteiger partial charge in [0.1, 0.15) is 17.1 Å². The fourth-order valence-corrected chi connectivity index (χ4v) is 3.14. The molecule has 1 aromatic carbocycles. The predicted molar refractivity (Wildman–Crippen MR) is 97.2 cm³/mol. The minimum absolute atomic E-state index is 0.0411. The number of anilines is 3. The molecule has 146 valence electrons. The Labute approximate surface area is 155 Å². The number of hydrogen-bond donors (Lipinski definition) is 3. The number of alkyl halides is 3. The number of aromatic nitrogens is 2. The molecule has 9 heteroatoms. The molecule has 1 aromatic heterocycles. The van der Waals surface area contributed by atoms with Crippen molar-refractivity contribution < 1.29 is 17.9 Å². The lowest BCUT2D eigenvalue weighted by Gasteiger charge is -2.30. The molecular weight excluding hydrogens is 359 g/mol. The highest BCUT2D eigenvalue weighted by molar-refractivity contribution is 5.63. The number of nitrogens with two attached hydrogens (primary N) is 1. The maximum atomic E-state index is 13.4. The van der Waals surface area contributed by atoms with E-state index in [9.17, 15) is 13.2 Å². The van der Waals surface area contributed by atoms with E-state index < -0.39 is 11.7 Å². The van der Waals surface area contributed by atoms with Crippen molar-refractivity contribution in [2.24, 2.45) is 5.73 Å². The number of halogens is 3. The zero-order valence-corrected chi connectivity index (χ0v) is 14.9. The minimum atomic E-state index is -4.57. The zero-order valence-electron chi connectivity index (χ0n) is 14.9. The summed E-state index contributed by atoms with van der Waals surface area (Å²) < 4.78 is 45.4. The van der Waals surface area contributed by atoms with Crippen molar-refractivity contribution in [2.45, 2.75) is 43.9 Å². The Morgan fingerprint density at radius 1 is 1.19 bits per heavy atom. The first-order chi connectivity index (χ1) is 12.9. The van der Waals surface area contributed by atoms with Crippen LogP contribution >= 0.6 is 0 Å². The first-order valence-electron chi connectivity index (χ1n) is 8.75. The number of benzene rings is 1. The fourth-order valence-electron chi connectivity index (χ4n) is 3.14. The molecule has 1 aliphatic rings. The normalized spacial score (nSPS) is 20.2. The molecule has 0 amide bonds. The molecule has 1 aliphatic carbocycles. The van der Waals surface area contributed by atoms with E-state index in [0.29, 0.717) is 17.9 Å². The largest absolute Gasteiger partial charge is 0.495 e. The molecule has 1 heterocycles. The van der Waals surface area contributed by atoms with Crippen LogP contribution in [-0.2, 0) is 6.18 Å². The van der Waals surface area contributed by atoms with Crippen LogP contribution in [0.5, 0.6) is 5.75 Å². The Balaban J connectivity index is 1.90. The van der Waals surface area contributed by atoms with Crippen LogP contribution in [0, 0.1) is 0 Å². The molecule has 2 atom stereocenters. The summed E-state index contributed by atoms with van der Waals surface area (Å²) in [5, 5.41) is 5.80. The summed E-state index contributed by atoms with van der Waals surface area (Å²) in [5.41, 5.74) is 5.71. The van der Waals surface area contributed by atoms with Crippen LogP contribution in [0.1, 0.15) is 31.2 Å². The highest BCUT2D eigenvalue weighted by Gasteiger charge is 2.36. The Bertz CT molecular complexity index is 784. The first-order valence-corrected chi connectivity index (χ1v) is 8.75. The van der Waals surface area contributed by atoms with Crippen LogP contribution in [0.4, 0.5) is 30.6 Å². The lowest BCUT2D eigenvalue weighted by Crippen LogP contribution is -2.43. The zero-order chi connectivity index (χ0) is 19.4. The second kappa shape index (κ2) is 7.99. The van der Waals surface area contributed by atoms with E-state index in [4.69, 9.17) is 10.5 Å². The molecule has 0 saturated heterocycles. The van der Waals surface area contributed by atoms with Gasteiger partial charge in [-0.25, -0.2) is 4.98 Å². The van der Waals surface area contributed by atoms with Crippen molar-refractivity contribution in [1.82, 2.24) is 9.97 Å². The van der Waals surface area contributed by atoms with E-state index in [0.717, 1.165) is 25.5 Å². The van der Waals surface area contributed by atoms with Gasteiger partial charge in [-0.3, -0.25) is 0 Å². The fraction of sp³-hybridized carbons (Fsp3) is 0.444. The molecule has 0 spiro atoms. The molecular formula is C18H22F3N5O. The second-order valence-corrected chi connectivity index (χ2v) is 6.48. The molecule has 1 fully saturated rings. The van der Waals surface area contributed by atoms with E-state index in [2.05, 4.69) is 20.6 Å². The number of hydrogen-bond acceptors (Lipinski definition) is 6. The van der Waals surface area contributed by atoms with Gasteiger partial charge in [-0.15, -0.1) is 0 Å². The number of ether oxygens (including phenoxy) is 1. The smallest absolute Gasteiger partial charge is 0.421 e. The molecule has 27 heavy (non-hydrogen) atoms. The summed E-state index contributed by atoms with van der Waals surface area (Å²) in [5.74, 6) is 0.307. The SMILES string of the molecule is COc1ccccc1Nc1ncc(C(F)(F)F)c(NC2CCCCC2N)n1. The maximum absolute atomic E-state index is 13.4. The van der Waals surface area contributed by atoms with Crippen molar-refractivity contribution in [3.05, 3.63) is 36.0 Å². The average molecular weight is 381 g/mol. The van der Waals surface area contributed by atoms with Gasteiger partial charge in [0.2, 0.25) is 5.95 Å². The minimum Gasteiger partial charge on any atom is -0.495 e. The third kappa shape index (κ3) is 4.60. The van der Waals surface area contributed by atoms with Crippen molar-refractivity contribution in [3.8, 4) is 5.75 Å². The van der Waals surface area contributed by atoms with Gasteiger partial charge in [0.15, 0.2) is 0 Å². The van der Waals surface area contributed by atoms with Crippen LogP contribution in [0.25, 0.3) is 0 Å². The molecule has 1 saturated carbocycles. The van der Waals surface area contributed by atoms with Crippen LogP contribution in [-0.4, -0.2) is 29.2 Å². The standard InChI is InChI=1S/C18H22F3N5O/c1-27-15-9-5-4-8-14(15)25-17-23-10-11(18(19,20)21)16(26-17)24-13-7-3-2-6-12(13)22/h4-5,8-10,12-13H,2-3,6-7,22H2,1H3,(H2,23,24,25,26). The van der Waals surface area contributed by atoms with Gasteiger partial charge >= 0.3 is 6.18 Å². The summed E-state index contributed by atoms with van der Waals surface area (Å²) in [6.45, 7) is 0. The van der Waals surface area contributed by atoms with Gasteiger partial charge in [0, 0.05) is 18.3 Å². The van der Waals surface area contributed by atoms with E-state index in [1.807, 2.05) is 0 Å². The van der Waals surface area contributed by atoms with Crippen molar-refractivity contribution in [1.29, 1.82) is 0 Å². The van der Waals surface area contributed by atoms with E-state index in [1.165, 1.54) is 7.11 Å². The van der Waals surface area contributed by atoms with E-state index in [-0.39, 0.29) is 23.8 Å². The number of rotatable bonds is 5. The molecule has 2 unspecified atom stereocenters. The molecule has 0 aliphatic heterocycles. The quantitative estimate of drug-likeness (QED) is 0.728. The van der Waals surface area contributed by atoms with E-state index in [1.54, 1.807) is 24.3 Å². The summed E-state index contributed by atoms with van der Waals surface area (Å²) in [4.78, 5) is 7.89. The van der Waals surface area contributed by atoms with Gasteiger partial charge in [-0.05, 0) is 25.0 Å². The van der Waals surface area contributed by atoms with Crippen LogP contribution in [0.2, 0.25) is 0 Å². The molecule has 0 radical (unpaired) electrons. The molecule has 2 aromatic rings. The Hall–Kier alpha value is -2.55. The molecule has 6 nitrogen and oxygen atoms in total. The summed E-state index contributed by atoms with van der Waals surface area (Å²) in [7, 11) is 1.51. The van der Waals surface area contributed by atoms with Crippen LogP contribution in [0.3, 0.4) is 0 Å². The summed E-state index contributed by atoms with van der Waals surface area (Å²) in [6, 6.07) is 6.55. The number of nitrogens with one attached hydrogen (secondary N) is 2. The highest BCUT2D eigenvalue weighted by atomic mass is 19.4. The Morgan fingerprint density at radius 3 is 2.63 bits per heavy atom. The number of nitrogens with zero attached hydrogens (tertiary/aromatic N) is 2. The van der Waals surface area contributed by atoms with Gasteiger partial charge in [-0.1, -0.05) is 25.0 Å². The highest BCUT2D eigenvalue weighted by Crippen LogP contribution is 2.35. The molecule has 0 bridgehead atoms.